The van der Waals surface area contributed by atoms with E-state index in [-0.39, 0.29) is 26.4 Å². The van der Waals surface area contributed by atoms with Crippen LogP contribution >= 0.6 is 0 Å². The van der Waals surface area contributed by atoms with E-state index in [1.807, 2.05) is 32.0 Å². The Kier molecular flexibility index (Phi) is 5.73. The summed E-state index contributed by atoms with van der Waals surface area (Å²) in [6.45, 7) is 4.13. The van der Waals surface area contributed by atoms with Crippen LogP contribution in [-0.2, 0) is 14.3 Å². The molecule has 0 bridgehead atoms. The van der Waals surface area contributed by atoms with Gasteiger partial charge in [0, 0.05) is 17.0 Å². The normalized spacial score (nSPS) is 14.7. The van der Waals surface area contributed by atoms with Crippen LogP contribution in [-0.4, -0.2) is 48.5 Å². The highest BCUT2D eigenvalue weighted by Gasteiger charge is 2.37. The second-order valence-corrected chi connectivity index (χ2v) is 6.22. The standard InChI is InChI=1S/C20H22N2O5/c1-13-11-14(2)21-17(13)12-16-15-5-3-4-6-18(15)22(19(16)24)20(25)27-10-9-26-8-7-23/h3-6,11-12,21,23H,7-10H2,1-2H3/b16-12-. The van der Waals surface area contributed by atoms with Gasteiger partial charge in [-0.2, -0.15) is 0 Å². The Labute approximate surface area is 157 Å². The number of aliphatic hydroxyl groups is 1. The predicted octanol–water partition coefficient (Wildman–Crippen LogP) is 2.66. The number of aryl methyl sites for hydroxylation is 2. The van der Waals surface area contributed by atoms with Crippen molar-refractivity contribution in [1.82, 2.24) is 4.98 Å². The van der Waals surface area contributed by atoms with Crippen LogP contribution in [0.3, 0.4) is 0 Å². The lowest BCUT2D eigenvalue weighted by Crippen LogP contribution is -2.34. The minimum atomic E-state index is -0.747. The van der Waals surface area contributed by atoms with E-state index in [1.165, 1.54) is 0 Å². The zero-order valence-electron chi connectivity index (χ0n) is 15.3. The third-order valence-corrected chi connectivity index (χ3v) is 4.22. The quantitative estimate of drug-likeness (QED) is 0.602. The van der Waals surface area contributed by atoms with Crippen LogP contribution in [0.5, 0.6) is 0 Å². The molecule has 1 aromatic heterocycles. The molecule has 27 heavy (non-hydrogen) atoms. The van der Waals surface area contributed by atoms with Gasteiger partial charge in [-0.1, -0.05) is 18.2 Å². The maximum absolute atomic E-state index is 12.9. The van der Waals surface area contributed by atoms with Gasteiger partial charge in [-0.25, -0.2) is 9.69 Å². The highest BCUT2D eigenvalue weighted by atomic mass is 16.6. The number of benzene rings is 1. The van der Waals surface area contributed by atoms with Crippen LogP contribution in [0, 0.1) is 13.8 Å². The highest BCUT2D eigenvalue weighted by Crippen LogP contribution is 2.38. The predicted molar refractivity (Wildman–Crippen MR) is 101 cm³/mol. The molecule has 0 unspecified atom stereocenters. The maximum Gasteiger partial charge on any atom is 0.421 e. The molecule has 142 valence electrons. The molecular weight excluding hydrogens is 348 g/mol. The van der Waals surface area contributed by atoms with Crippen molar-refractivity contribution in [3.05, 3.63) is 52.8 Å². The minimum Gasteiger partial charge on any atom is -0.446 e. The Bertz CT molecular complexity index is 884. The van der Waals surface area contributed by atoms with Gasteiger partial charge in [-0.15, -0.1) is 0 Å². The number of amides is 2. The second-order valence-electron chi connectivity index (χ2n) is 6.22. The smallest absolute Gasteiger partial charge is 0.421 e. The van der Waals surface area contributed by atoms with Crippen molar-refractivity contribution in [3.63, 3.8) is 0 Å². The number of aliphatic hydroxyl groups excluding tert-OH is 1. The van der Waals surface area contributed by atoms with Crippen molar-refractivity contribution in [2.24, 2.45) is 0 Å². The van der Waals surface area contributed by atoms with Crippen LogP contribution in [0.2, 0.25) is 0 Å². The molecule has 3 rings (SSSR count). The Balaban J connectivity index is 1.84. The zero-order valence-corrected chi connectivity index (χ0v) is 15.3. The first-order valence-corrected chi connectivity index (χ1v) is 8.70. The summed E-state index contributed by atoms with van der Waals surface area (Å²) in [7, 11) is 0. The highest BCUT2D eigenvalue weighted by molar-refractivity contribution is 6.41. The number of hydrogen-bond donors (Lipinski definition) is 2. The molecule has 0 atom stereocenters. The van der Waals surface area contributed by atoms with Gasteiger partial charge in [-0.05, 0) is 37.6 Å². The SMILES string of the molecule is Cc1cc(C)c(/C=C2\C(=O)N(C(=O)OCCOCCO)c3ccccc32)[nH]1. The summed E-state index contributed by atoms with van der Waals surface area (Å²) in [6, 6.07) is 9.11. The van der Waals surface area contributed by atoms with Crippen LogP contribution in [0.4, 0.5) is 10.5 Å². The number of nitrogens with zero attached hydrogens (tertiary/aromatic N) is 1. The van der Waals surface area contributed by atoms with Gasteiger partial charge >= 0.3 is 6.09 Å². The lowest BCUT2D eigenvalue weighted by atomic mass is 10.1. The van der Waals surface area contributed by atoms with Gasteiger partial charge in [0.25, 0.3) is 5.91 Å². The second kappa shape index (κ2) is 8.20. The molecule has 2 aromatic rings. The molecule has 1 aromatic carbocycles. The van der Waals surface area contributed by atoms with Crippen molar-refractivity contribution in [2.75, 3.05) is 31.3 Å². The van der Waals surface area contributed by atoms with Crippen molar-refractivity contribution >= 4 is 29.3 Å². The average Bonchev–Trinajstić information content (AvgIpc) is 3.11. The summed E-state index contributed by atoms with van der Waals surface area (Å²) < 4.78 is 10.2. The average molecular weight is 370 g/mol. The molecule has 0 saturated carbocycles. The molecule has 0 radical (unpaired) electrons. The molecule has 7 nitrogen and oxygen atoms in total. The third kappa shape index (κ3) is 3.94. The lowest BCUT2D eigenvalue weighted by molar-refractivity contribution is -0.112. The van der Waals surface area contributed by atoms with E-state index in [2.05, 4.69) is 4.98 Å². The minimum absolute atomic E-state index is 0.00123. The number of ether oxygens (including phenoxy) is 2. The van der Waals surface area contributed by atoms with E-state index in [1.54, 1.807) is 18.2 Å². The van der Waals surface area contributed by atoms with Gasteiger partial charge in [0.15, 0.2) is 0 Å². The molecule has 0 spiro atoms. The number of carbonyl (C=O) groups is 2. The molecule has 0 saturated heterocycles. The van der Waals surface area contributed by atoms with Crippen molar-refractivity contribution in [2.45, 2.75) is 13.8 Å². The summed E-state index contributed by atoms with van der Waals surface area (Å²) in [5.41, 5.74) is 4.46. The fourth-order valence-electron chi connectivity index (χ4n) is 3.03. The van der Waals surface area contributed by atoms with Crippen LogP contribution in [0.25, 0.3) is 11.6 Å². The van der Waals surface area contributed by atoms with Gasteiger partial charge in [0.05, 0.1) is 31.1 Å². The fourth-order valence-corrected chi connectivity index (χ4v) is 3.03. The number of imide groups is 1. The van der Waals surface area contributed by atoms with Crippen LogP contribution < -0.4 is 4.90 Å². The number of para-hydroxylation sites is 1. The largest absolute Gasteiger partial charge is 0.446 e. The summed E-state index contributed by atoms with van der Waals surface area (Å²) >= 11 is 0. The zero-order chi connectivity index (χ0) is 19.4. The Morgan fingerprint density at radius 1 is 1.22 bits per heavy atom. The first kappa shape index (κ1) is 18.9. The molecule has 2 N–H and O–H groups in total. The van der Waals surface area contributed by atoms with Crippen LogP contribution in [0.15, 0.2) is 30.3 Å². The molecule has 7 heteroatoms. The van der Waals surface area contributed by atoms with E-state index in [0.29, 0.717) is 16.8 Å². The summed E-state index contributed by atoms with van der Waals surface area (Å²) in [4.78, 5) is 29.7. The number of hydrogen-bond acceptors (Lipinski definition) is 5. The Morgan fingerprint density at radius 3 is 2.70 bits per heavy atom. The van der Waals surface area contributed by atoms with Gasteiger partial charge in [-0.3, -0.25) is 4.79 Å². The summed E-state index contributed by atoms with van der Waals surface area (Å²) in [5.74, 6) is -0.427. The molecule has 1 aliphatic rings. The summed E-state index contributed by atoms with van der Waals surface area (Å²) in [6.07, 6.45) is 1.02. The molecule has 0 fully saturated rings. The van der Waals surface area contributed by atoms with E-state index in [9.17, 15) is 9.59 Å². The van der Waals surface area contributed by atoms with Gasteiger partial charge < -0.3 is 19.6 Å². The molecular formula is C20H22N2O5. The fraction of sp³-hybridized carbons (Fsp3) is 0.300. The number of aromatic nitrogens is 1. The van der Waals surface area contributed by atoms with E-state index < -0.39 is 12.0 Å². The third-order valence-electron chi connectivity index (χ3n) is 4.22. The monoisotopic (exact) mass is 370 g/mol. The summed E-state index contributed by atoms with van der Waals surface area (Å²) in [5, 5.41) is 8.67. The van der Waals surface area contributed by atoms with Gasteiger partial charge in [0.2, 0.25) is 0 Å². The van der Waals surface area contributed by atoms with E-state index >= 15 is 0 Å². The number of H-pyrrole nitrogens is 1. The molecule has 1 aliphatic heterocycles. The Morgan fingerprint density at radius 2 is 2.00 bits per heavy atom. The molecule has 2 amide bonds. The number of aromatic amines is 1. The Hall–Kier alpha value is -2.90. The first-order valence-electron chi connectivity index (χ1n) is 8.70. The molecule has 0 aliphatic carbocycles. The topological polar surface area (TPSA) is 91.9 Å². The van der Waals surface area contributed by atoms with E-state index in [0.717, 1.165) is 21.9 Å². The van der Waals surface area contributed by atoms with Crippen molar-refractivity contribution in [1.29, 1.82) is 0 Å². The number of anilines is 1. The number of carbonyl (C=O) groups excluding carboxylic acids is 2. The van der Waals surface area contributed by atoms with Crippen molar-refractivity contribution < 1.29 is 24.2 Å². The van der Waals surface area contributed by atoms with Gasteiger partial charge in [0.1, 0.15) is 6.61 Å². The number of nitrogens with one attached hydrogen (secondary N) is 1. The van der Waals surface area contributed by atoms with E-state index in [4.69, 9.17) is 14.6 Å². The number of fused-ring (bicyclic) bond motifs is 1. The lowest BCUT2D eigenvalue weighted by Gasteiger charge is -2.15. The van der Waals surface area contributed by atoms with Crippen molar-refractivity contribution in [3.8, 4) is 0 Å². The number of rotatable bonds is 6. The first-order chi connectivity index (χ1) is 13.0. The maximum atomic E-state index is 12.9. The molecule has 2 heterocycles. The van der Waals surface area contributed by atoms with Crippen LogP contribution in [0.1, 0.15) is 22.5 Å².